The van der Waals surface area contributed by atoms with Crippen LogP contribution in [0.2, 0.25) is 5.02 Å². The molecule has 0 bridgehead atoms. The fourth-order valence-corrected chi connectivity index (χ4v) is 4.72. The Kier molecular flexibility index (Phi) is 5.60. The van der Waals surface area contributed by atoms with Gasteiger partial charge in [-0.3, -0.25) is 4.79 Å². The van der Waals surface area contributed by atoms with E-state index in [9.17, 15) is 4.79 Å². The largest absolute Gasteiger partial charge is 0.354 e. The zero-order valence-electron chi connectivity index (χ0n) is 17.4. The first kappa shape index (κ1) is 20.0. The molecule has 0 spiro atoms. The van der Waals surface area contributed by atoms with Crippen molar-refractivity contribution in [2.45, 2.75) is 25.8 Å². The fourth-order valence-electron chi connectivity index (χ4n) is 4.60. The number of anilines is 1. The van der Waals surface area contributed by atoms with E-state index in [1.165, 1.54) is 11.1 Å². The maximum Gasteiger partial charge on any atom is 0.227 e. The van der Waals surface area contributed by atoms with Gasteiger partial charge in [-0.05, 0) is 54.7 Å². The van der Waals surface area contributed by atoms with Crippen molar-refractivity contribution in [2.75, 3.05) is 24.5 Å². The van der Waals surface area contributed by atoms with E-state index in [0.717, 1.165) is 56.0 Å². The number of amides is 1. The molecular weight excluding hydrogens is 408 g/mol. The van der Waals surface area contributed by atoms with Crippen LogP contribution in [0.25, 0.3) is 11.3 Å². The van der Waals surface area contributed by atoms with Crippen LogP contribution < -0.4 is 4.90 Å². The van der Waals surface area contributed by atoms with E-state index < -0.39 is 0 Å². The van der Waals surface area contributed by atoms with E-state index in [-0.39, 0.29) is 11.8 Å². The lowest BCUT2D eigenvalue weighted by atomic mass is 9.94. The van der Waals surface area contributed by atoms with Crippen molar-refractivity contribution >= 4 is 23.3 Å². The van der Waals surface area contributed by atoms with Crippen LogP contribution in [-0.2, 0) is 17.8 Å². The van der Waals surface area contributed by atoms with Gasteiger partial charge in [-0.25, -0.2) is 0 Å². The molecule has 2 aromatic carbocycles. The number of rotatable bonds is 3. The summed E-state index contributed by atoms with van der Waals surface area (Å²) in [5, 5.41) is 9.57. The van der Waals surface area contributed by atoms with E-state index in [2.05, 4.69) is 39.4 Å². The third-order valence-electron chi connectivity index (χ3n) is 6.33. The van der Waals surface area contributed by atoms with E-state index in [0.29, 0.717) is 11.6 Å². The lowest BCUT2D eigenvalue weighted by Crippen LogP contribution is -2.46. The molecule has 0 aliphatic carbocycles. The van der Waals surface area contributed by atoms with Crippen LogP contribution in [0.15, 0.2) is 60.7 Å². The molecule has 5 nitrogen and oxygen atoms in total. The number of fused-ring (bicyclic) bond motifs is 1. The molecule has 1 saturated heterocycles. The van der Waals surface area contributed by atoms with Gasteiger partial charge in [0.2, 0.25) is 5.91 Å². The zero-order valence-corrected chi connectivity index (χ0v) is 18.1. The Labute approximate surface area is 187 Å². The molecule has 1 fully saturated rings. The van der Waals surface area contributed by atoms with Gasteiger partial charge in [0.25, 0.3) is 0 Å². The van der Waals surface area contributed by atoms with Gasteiger partial charge >= 0.3 is 0 Å². The third-order valence-corrected chi connectivity index (χ3v) is 6.58. The molecular formula is C25H25ClN4O. The number of piperidine rings is 1. The van der Waals surface area contributed by atoms with Gasteiger partial charge in [0.1, 0.15) is 0 Å². The van der Waals surface area contributed by atoms with Crippen molar-refractivity contribution in [3.05, 3.63) is 76.8 Å². The van der Waals surface area contributed by atoms with Crippen molar-refractivity contribution in [3.63, 3.8) is 0 Å². The molecule has 1 amide bonds. The van der Waals surface area contributed by atoms with E-state index in [1.54, 1.807) is 0 Å². The van der Waals surface area contributed by atoms with Crippen LogP contribution in [0.5, 0.6) is 0 Å². The smallest absolute Gasteiger partial charge is 0.227 e. The highest BCUT2D eigenvalue weighted by Gasteiger charge is 2.31. The summed E-state index contributed by atoms with van der Waals surface area (Å²) in [6, 6.07) is 20.0. The molecule has 3 aromatic rings. The van der Waals surface area contributed by atoms with Gasteiger partial charge in [-0.15, -0.1) is 10.2 Å². The number of carbonyl (C=O) groups is 1. The quantitative estimate of drug-likeness (QED) is 0.607. The van der Waals surface area contributed by atoms with E-state index in [1.807, 2.05) is 41.3 Å². The SMILES string of the molecule is O=C(C1CCCN(c2ccc(-c3ccc(Cl)cc3)nn2)C1)N1CCc2ccccc2C1. The van der Waals surface area contributed by atoms with Gasteiger partial charge < -0.3 is 9.80 Å². The van der Waals surface area contributed by atoms with Crippen molar-refractivity contribution < 1.29 is 4.79 Å². The first-order chi connectivity index (χ1) is 15.2. The number of hydrogen-bond donors (Lipinski definition) is 0. The summed E-state index contributed by atoms with van der Waals surface area (Å²) in [4.78, 5) is 17.5. The molecule has 2 aliphatic heterocycles. The molecule has 1 aromatic heterocycles. The number of hydrogen-bond acceptors (Lipinski definition) is 4. The molecule has 1 atom stereocenters. The number of benzene rings is 2. The molecule has 5 rings (SSSR count). The van der Waals surface area contributed by atoms with Crippen molar-refractivity contribution in [1.29, 1.82) is 0 Å². The number of halogens is 1. The topological polar surface area (TPSA) is 49.3 Å². The Morgan fingerprint density at radius 2 is 1.74 bits per heavy atom. The number of carbonyl (C=O) groups excluding carboxylic acids is 1. The predicted octanol–water partition coefficient (Wildman–Crippen LogP) is 4.60. The van der Waals surface area contributed by atoms with Gasteiger partial charge in [-0.1, -0.05) is 48.0 Å². The minimum Gasteiger partial charge on any atom is -0.354 e. The summed E-state index contributed by atoms with van der Waals surface area (Å²) < 4.78 is 0. The zero-order chi connectivity index (χ0) is 21.2. The Hall–Kier alpha value is -2.92. The molecule has 0 saturated carbocycles. The molecule has 2 aliphatic rings. The predicted molar refractivity (Wildman–Crippen MR) is 123 cm³/mol. The monoisotopic (exact) mass is 432 g/mol. The third kappa shape index (κ3) is 4.28. The van der Waals surface area contributed by atoms with Crippen LogP contribution in [0.4, 0.5) is 5.82 Å². The lowest BCUT2D eigenvalue weighted by molar-refractivity contribution is -0.136. The maximum absolute atomic E-state index is 13.3. The lowest BCUT2D eigenvalue weighted by Gasteiger charge is -2.37. The summed E-state index contributed by atoms with van der Waals surface area (Å²) in [5.74, 6) is 1.11. The molecule has 6 heteroatoms. The highest BCUT2D eigenvalue weighted by Crippen LogP contribution is 2.27. The van der Waals surface area contributed by atoms with E-state index >= 15 is 0 Å². The van der Waals surface area contributed by atoms with Crippen molar-refractivity contribution in [3.8, 4) is 11.3 Å². The second-order valence-corrected chi connectivity index (χ2v) is 8.78. The van der Waals surface area contributed by atoms with Crippen LogP contribution in [-0.4, -0.2) is 40.6 Å². The minimum absolute atomic E-state index is 0.0109. The Morgan fingerprint density at radius 1 is 0.935 bits per heavy atom. The molecule has 31 heavy (non-hydrogen) atoms. The molecule has 158 valence electrons. The average molecular weight is 433 g/mol. The summed E-state index contributed by atoms with van der Waals surface area (Å²) >= 11 is 5.97. The van der Waals surface area contributed by atoms with Crippen molar-refractivity contribution in [2.24, 2.45) is 5.92 Å². The Bertz CT molecular complexity index is 1070. The molecule has 0 N–H and O–H groups in total. The summed E-state index contributed by atoms with van der Waals surface area (Å²) in [6.45, 7) is 3.14. The van der Waals surface area contributed by atoms with Gasteiger partial charge in [0.05, 0.1) is 11.6 Å². The van der Waals surface area contributed by atoms with Gasteiger partial charge in [0, 0.05) is 36.8 Å². The highest BCUT2D eigenvalue weighted by molar-refractivity contribution is 6.30. The van der Waals surface area contributed by atoms with Crippen LogP contribution in [0, 0.1) is 5.92 Å². The van der Waals surface area contributed by atoms with Crippen LogP contribution in [0.1, 0.15) is 24.0 Å². The normalized spacial score (nSPS) is 18.5. The first-order valence-corrected chi connectivity index (χ1v) is 11.3. The maximum atomic E-state index is 13.3. The number of aromatic nitrogens is 2. The average Bonchev–Trinajstić information content (AvgIpc) is 2.84. The Morgan fingerprint density at radius 3 is 2.52 bits per heavy atom. The summed E-state index contributed by atoms with van der Waals surface area (Å²) in [6.07, 6.45) is 2.86. The summed E-state index contributed by atoms with van der Waals surface area (Å²) in [7, 11) is 0. The van der Waals surface area contributed by atoms with E-state index in [4.69, 9.17) is 11.6 Å². The second-order valence-electron chi connectivity index (χ2n) is 8.35. The van der Waals surface area contributed by atoms with Crippen LogP contribution >= 0.6 is 11.6 Å². The number of nitrogens with zero attached hydrogens (tertiary/aromatic N) is 4. The Balaban J connectivity index is 1.26. The fraction of sp³-hybridized carbons (Fsp3) is 0.320. The van der Waals surface area contributed by atoms with Crippen molar-refractivity contribution in [1.82, 2.24) is 15.1 Å². The summed E-state index contributed by atoms with van der Waals surface area (Å²) in [5.41, 5.74) is 4.45. The highest BCUT2D eigenvalue weighted by atomic mass is 35.5. The van der Waals surface area contributed by atoms with Crippen LogP contribution in [0.3, 0.4) is 0 Å². The standard InChI is InChI=1S/C25H25ClN4O/c26-22-9-7-19(8-10-22)23-11-12-24(28-27-23)29-14-3-6-21(17-29)25(31)30-15-13-18-4-1-2-5-20(18)16-30/h1-2,4-5,7-12,21H,3,6,13-17H2. The van der Waals surface area contributed by atoms with Gasteiger partial charge in [0.15, 0.2) is 5.82 Å². The minimum atomic E-state index is 0.0109. The molecule has 3 heterocycles. The van der Waals surface area contributed by atoms with Gasteiger partial charge in [-0.2, -0.15) is 0 Å². The first-order valence-electron chi connectivity index (χ1n) is 10.9. The molecule has 0 radical (unpaired) electrons. The molecule has 1 unspecified atom stereocenters. The second kappa shape index (κ2) is 8.67.